The number of ketones is 1. The predicted molar refractivity (Wildman–Crippen MR) is 143 cm³/mol. The minimum absolute atomic E-state index is 0.000584. The number of hydrogen-bond acceptors (Lipinski definition) is 7. The highest BCUT2D eigenvalue weighted by atomic mass is 35.5. The first-order valence-corrected chi connectivity index (χ1v) is 12.8. The van der Waals surface area contributed by atoms with Crippen molar-refractivity contribution >= 4 is 55.7 Å². The molecule has 1 amide bonds. The van der Waals surface area contributed by atoms with Gasteiger partial charge in [-0.15, -0.1) is 0 Å². The molecule has 2 aliphatic heterocycles. The lowest BCUT2D eigenvalue weighted by atomic mass is 9.94. The number of aliphatic hydroxyl groups excluding tert-OH is 1. The van der Waals surface area contributed by atoms with Crippen LogP contribution in [-0.4, -0.2) is 35.0 Å². The number of fused-ring (bicyclic) bond motifs is 2. The number of anilines is 1. The van der Waals surface area contributed by atoms with Crippen LogP contribution in [0, 0.1) is 0 Å². The molecule has 1 aromatic heterocycles. The third-order valence-corrected chi connectivity index (χ3v) is 7.84. The second-order valence-electron chi connectivity index (χ2n) is 9.01. The van der Waals surface area contributed by atoms with Crippen LogP contribution in [0.25, 0.3) is 16.0 Å². The monoisotopic (exact) mass is 532 g/mol. The molecule has 0 spiro atoms. The van der Waals surface area contributed by atoms with Crippen molar-refractivity contribution in [2.45, 2.75) is 25.5 Å². The van der Waals surface area contributed by atoms with Gasteiger partial charge in [0.1, 0.15) is 23.4 Å². The Balaban J connectivity index is 1.53. The lowest BCUT2D eigenvalue weighted by Crippen LogP contribution is -2.29. The molecule has 9 heteroatoms. The molecule has 0 aliphatic carbocycles. The summed E-state index contributed by atoms with van der Waals surface area (Å²) in [5.41, 5.74) is 2.68. The second kappa shape index (κ2) is 8.90. The van der Waals surface area contributed by atoms with Gasteiger partial charge < -0.3 is 14.6 Å². The Hall–Kier alpha value is -3.88. The Labute approximate surface area is 221 Å². The normalized spacial score (nSPS) is 20.4. The SMILES string of the molecule is COc1ccc([C@@H]2C(=C(O)c3ccc4c(c3)C[C@@H](C)O4)C(=O)C(=O)N2c2nc3ccc(Cl)cc3s2)cc1. The number of aliphatic hydroxyl groups is 1. The van der Waals surface area contributed by atoms with Crippen LogP contribution in [0.3, 0.4) is 0 Å². The van der Waals surface area contributed by atoms with Crippen LogP contribution < -0.4 is 14.4 Å². The molecule has 1 fully saturated rings. The maximum absolute atomic E-state index is 13.5. The van der Waals surface area contributed by atoms with E-state index in [0.29, 0.717) is 39.0 Å². The molecule has 0 unspecified atom stereocenters. The van der Waals surface area contributed by atoms with Crippen molar-refractivity contribution in [2.75, 3.05) is 12.0 Å². The third-order valence-electron chi connectivity index (χ3n) is 6.59. The third kappa shape index (κ3) is 3.93. The second-order valence-corrected chi connectivity index (χ2v) is 10.5. The Kier molecular flexibility index (Phi) is 5.66. The minimum atomic E-state index is -0.884. The van der Waals surface area contributed by atoms with Gasteiger partial charge in [-0.3, -0.25) is 14.5 Å². The largest absolute Gasteiger partial charge is 0.507 e. The number of Topliss-reactive ketones (excluding diaryl/α,β-unsaturated/α-hetero) is 1. The minimum Gasteiger partial charge on any atom is -0.507 e. The topological polar surface area (TPSA) is 89.0 Å². The van der Waals surface area contributed by atoms with E-state index in [1.165, 1.54) is 16.2 Å². The number of nitrogens with zero attached hydrogens (tertiary/aromatic N) is 2. The molecule has 2 aliphatic rings. The van der Waals surface area contributed by atoms with Crippen LogP contribution in [-0.2, 0) is 16.0 Å². The number of methoxy groups -OCH3 is 1. The Morgan fingerprint density at radius 3 is 2.68 bits per heavy atom. The van der Waals surface area contributed by atoms with Crippen molar-refractivity contribution in [1.82, 2.24) is 4.98 Å². The van der Waals surface area contributed by atoms with E-state index in [1.54, 1.807) is 61.7 Å². The molecule has 0 bridgehead atoms. The zero-order valence-electron chi connectivity index (χ0n) is 19.9. The van der Waals surface area contributed by atoms with Crippen LogP contribution in [0.15, 0.2) is 66.2 Å². The fourth-order valence-corrected chi connectivity index (χ4v) is 6.11. The molecule has 2 atom stereocenters. The van der Waals surface area contributed by atoms with Crippen LogP contribution in [0.1, 0.15) is 29.7 Å². The molecule has 0 saturated carbocycles. The Morgan fingerprint density at radius 2 is 1.92 bits per heavy atom. The predicted octanol–water partition coefficient (Wildman–Crippen LogP) is 5.91. The highest BCUT2D eigenvalue weighted by molar-refractivity contribution is 7.22. The summed E-state index contributed by atoms with van der Waals surface area (Å²) in [6.45, 7) is 1.97. The Bertz CT molecular complexity index is 1610. The van der Waals surface area contributed by atoms with Crippen molar-refractivity contribution in [1.29, 1.82) is 0 Å². The van der Waals surface area contributed by atoms with Gasteiger partial charge in [-0.25, -0.2) is 4.98 Å². The van der Waals surface area contributed by atoms with E-state index in [1.807, 2.05) is 13.0 Å². The van der Waals surface area contributed by atoms with Gasteiger partial charge in [0.2, 0.25) is 0 Å². The first-order valence-electron chi connectivity index (χ1n) is 11.6. The zero-order valence-corrected chi connectivity index (χ0v) is 21.5. The zero-order chi connectivity index (χ0) is 25.8. The summed E-state index contributed by atoms with van der Waals surface area (Å²) in [5.74, 6) is -0.396. The number of aromatic nitrogens is 1. The number of hydrogen-bond donors (Lipinski definition) is 1. The number of carbonyl (C=O) groups is 2. The van der Waals surface area contributed by atoms with Gasteiger partial charge >= 0.3 is 5.91 Å². The van der Waals surface area contributed by atoms with Gasteiger partial charge in [-0.1, -0.05) is 35.1 Å². The van der Waals surface area contributed by atoms with Gasteiger partial charge in [0, 0.05) is 17.0 Å². The number of thiazole rings is 1. The van der Waals surface area contributed by atoms with Gasteiger partial charge in [0.15, 0.2) is 5.13 Å². The van der Waals surface area contributed by atoms with Crippen LogP contribution >= 0.6 is 22.9 Å². The van der Waals surface area contributed by atoms with E-state index in [-0.39, 0.29) is 17.4 Å². The highest BCUT2D eigenvalue weighted by Crippen LogP contribution is 2.45. The van der Waals surface area contributed by atoms with Crippen molar-refractivity contribution in [3.8, 4) is 11.5 Å². The molecule has 6 rings (SSSR count). The molecule has 3 aromatic carbocycles. The van der Waals surface area contributed by atoms with Crippen molar-refractivity contribution in [3.05, 3.63) is 87.9 Å². The molecule has 1 saturated heterocycles. The molecule has 7 nitrogen and oxygen atoms in total. The summed E-state index contributed by atoms with van der Waals surface area (Å²) < 4.78 is 11.8. The van der Waals surface area contributed by atoms with E-state index < -0.39 is 17.7 Å². The van der Waals surface area contributed by atoms with Crippen LogP contribution in [0.2, 0.25) is 5.02 Å². The van der Waals surface area contributed by atoms with E-state index >= 15 is 0 Å². The number of carbonyl (C=O) groups excluding carboxylic acids is 2. The first-order chi connectivity index (χ1) is 17.8. The van der Waals surface area contributed by atoms with E-state index in [0.717, 1.165) is 16.0 Å². The van der Waals surface area contributed by atoms with Crippen molar-refractivity contribution in [3.63, 3.8) is 0 Å². The van der Waals surface area contributed by atoms with Crippen molar-refractivity contribution < 1.29 is 24.2 Å². The molecule has 1 N–H and O–H groups in total. The number of benzene rings is 3. The number of halogens is 1. The average Bonchev–Trinajstić information content (AvgIpc) is 3.55. The summed E-state index contributed by atoms with van der Waals surface area (Å²) in [7, 11) is 1.56. The fraction of sp³-hybridized carbons (Fsp3) is 0.179. The fourth-order valence-electron chi connectivity index (χ4n) is 4.85. The van der Waals surface area contributed by atoms with Gasteiger partial charge in [-0.2, -0.15) is 0 Å². The highest BCUT2D eigenvalue weighted by Gasteiger charge is 2.48. The summed E-state index contributed by atoms with van der Waals surface area (Å²) >= 11 is 7.42. The summed E-state index contributed by atoms with van der Waals surface area (Å²) in [5, 5.41) is 12.3. The van der Waals surface area contributed by atoms with E-state index in [4.69, 9.17) is 21.1 Å². The molecular formula is C28H21ClN2O5S. The smallest absolute Gasteiger partial charge is 0.301 e. The van der Waals surface area contributed by atoms with Crippen molar-refractivity contribution in [2.24, 2.45) is 0 Å². The quantitative estimate of drug-likeness (QED) is 0.200. The maximum atomic E-state index is 13.5. The molecule has 4 aromatic rings. The first kappa shape index (κ1) is 23.5. The van der Waals surface area contributed by atoms with E-state index in [9.17, 15) is 14.7 Å². The average molecular weight is 533 g/mol. The standard InChI is InChI=1S/C28H21ClN2O5S/c1-14-11-17-12-16(5-10-21(17)36-14)25(32)23-24(15-3-7-19(35-2)8-4-15)31(27(34)26(23)33)28-30-20-9-6-18(29)13-22(20)37-28/h3-10,12-14,24,32H,11H2,1-2H3/t14-,24-/m1/s1. The summed E-state index contributed by atoms with van der Waals surface area (Å²) in [6, 6.07) is 16.7. The van der Waals surface area contributed by atoms with Crippen LogP contribution in [0.4, 0.5) is 5.13 Å². The maximum Gasteiger partial charge on any atom is 0.301 e. The molecule has 3 heterocycles. The molecule has 186 valence electrons. The van der Waals surface area contributed by atoms with Gasteiger partial charge in [0.05, 0.1) is 28.9 Å². The number of rotatable bonds is 4. The Morgan fingerprint density at radius 1 is 1.14 bits per heavy atom. The van der Waals surface area contributed by atoms with Crippen LogP contribution in [0.5, 0.6) is 11.5 Å². The van der Waals surface area contributed by atoms with Gasteiger partial charge in [0.25, 0.3) is 5.78 Å². The number of amides is 1. The summed E-state index contributed by atoms with van der Waals surface area (Å²) in [4.78, 5) is 32.9. The van der Waals surface area contributed by atoms with E-state index in [2.05, 4.69) is 4.98 Å². The molecule has 0 radical (unpaired) electrons. The number of ether oxygens (including phenoxy) is 2. The molecular weight excluding hydrogens is 512 g/mol. The van der Waals surface area contributed by atoms with Gasteiger partial charge in [-0.05, 0) is 66.6 Å². The summed E-state index contributed by atoms with van der Waals surface area (Å²) in [6.07, 6.45) is 0.728. The lowest BCUT2D eigenvalue weighted by Gasteiger charge is -2.23. The molecule has 37 heavy (non-hydrogen) atoms. The lowest BCUT2D eigenvalue weighted by molar-refractivity contribution is -0.132.